The summed E-state index contributed by atoms with van der Waals surface area (Å²) in [7, 11) is 3.25. The van der Waals surface area contributed by atoms with Crippen molar-refractivity contribution >= 4 is 62.8 Å². The van der Waals surface area contributed by atoms with Crippen molar-refractivity contribution in [3.05, 3.63) is 0 Å². The first-order valence-electron chi connectivity index (χ1n) is 0.236. The summed E-state index contributed by atoms with van der Waals surface area (Å²) in [6, 6.07) is 0. The molecular weight excluding hydrogens is 93.9 g/mol. The molecule has 0 aromatic carbocycles. The Morgan fingerprint density at radius 2 is 1.25 bits per heavy atom. The predicted molar refractivity (Wildman–Crippen MR) is 24.9 cm³/mol. The van der Waals surface area contributed by atoms with Gasteiger partial charge in [-0.2, -0.15) is 0 Å². The molecule has 1 radical (unpaired) electrons. The fourth-order valence-corrected chi connectivity index (χ4v) is 0. The molecule has 0 rings (SSSR count). The van der Waals surface area contributed by atoms with Crippen LogP contribution < -0.4 is 0 Å². The van der Waals surface area contributed by atoms with Gasteiger partial charge in [0.25, 0.3) is 0 Å². The van der Waals surface area contributed by atoms with Crippen LogP contribution in [0.15, 0.2) is 0 Å². The molecule has 19 valence electrons. The first kappa shape index (κ1) is 17.4. The molecule has 0 fully saturated rings. The van der Waals surface area contributed by atoms with Crippen LogP contribution in [-0.2, 0) is 4.70 Å². The summed E-state index contributed by atoms with van der Waals surface area (Å²) in [4.78, 5) is 0. The molecule has 4 heavy (non-hydrogen) atoms. The van der Waals surface area contributed by atoms with Crippen molar-refractivity contribution in [3.63, 3.8) is 0 Å². The fourth-order valence-electron chi connectivity index (χ4n) is 0. The van der Waals surface area contributed by atoms with Crippen molar-refractivity contribution < 1.29 is 4.70 Å². The van der Waals surface area contributed by atoms with Gasteiger partial charge in [0.15, 0.2) is 17.4 Å². The SMILES string of the molecule is [AlH3].[B]=O.[CaH2]. The summed E-state index contributed by atoms with van der Waals surface area (Å²) in [5.41, 5.74) is 0. The quantitative estimate of drug-likeness (QED) is 0.304. The average molecular weight is 98.9 g/mol. The van der Waals surface area contributed by atoms with E-state index in [2.05, 4.69) is 7.72 Å². The van der Waals surface area contributed by atoms with Gasteiger partial charge in [-0.05, 0) is 0 Å². The maximum absolute atomic E-state index is 7.75. The summed E-state index contributed by atoms with van der Waals surface area (Å²) in [6.07, 6.45) is 0. The third-order valence-corrected chi connectivity index (χ3v) is 0. The third-order valence-electron chi connectivity index (χ3n) is 0. The van der Waals surface area contributed by atoms with Crippen molar-refractivity contribution in [3.8, 4) is 0 Å². The standard InChI is InChI=1S/Al.BO.Ca.5H/c;1-2;;;;;;. The minimum atomic E-state index is 0. The van der Waals surface area contributed by atoms with Crippen LogP contribution in [0.3, 0.4) is 0 Å². The van der Waals surface area contributed by atoms with Gasteiger partial charge >= 0.3 is 50.2 Å². The van der Waals surface area contributed by atoms with Gasteiger partial charge in [0.2, 0.25) is 0 Å². The molecule has 0 N–H and O–H groups in total. The normalized spacial score (nSPS) is 0.750. The number of hydrogen-bond acceptors (Lipinski definition) is 1. The topological polar surface area (TPSA) is 17.1 Å². The molecule has 0 aromatic rings. The van der Waals surface area contributed by atoms with Crippen molar-refractivity contribution in [2.75, 3.05) is 0 Å². The predicted octanol–water partition coefficient (Wildman–Crippen LogP) is -2.60. The van der Waals surface area contributed by atoms with E-state index in [0.29, 0.717) is 0 Å². The molecule has 0 aliphatic heterocycles. The molecule has 0 aliphatic rings. The number of hydrogen-bond donors (Lipinski definition) is 0. The molecule has 0 aromatic heterocycles. The van der Waals surface area contributed by atoms with Gasteiger partial charge in [-0.1, -0.05) is 0 Å². The zero-order valence-electron chi connectivity index (χ0n) is 0.986. The second-order valence-electron chi connectivity index (χ2n) is 0. The molecule has 0 amide bonds. The van der Waals surface area contributed by atoms with Gasteiger partial charge in [-0.25, -0.2) is 0 Å². The zero-order chi connectivity index (χ0) is 2.00. The van der Waals surface area contributed by atoms with Crippen molar-refractivity contribution in [2.24, 2.45) is 0 Å². The Balaban J connectivity index is -0.00000000500. The second-order valence-corrected chi connectivity index (χ2v) is 0. The van der Waals surface area contributed by atoms with Crippen molar-refractivity contribution in [1.29, 1.82) is 0 Å². The van der Waals surface area contributed by atoms with Crippen LogP contribution >= 0.6 is 0 Å². The molecule has 0 saturated heterocycles. The molecule has 0 atom stereocenters. The summed E-state index contributed by atoms with van der Waals surface area (Å²) in [5.74, 6) is 0. The average Bonchev–Trinajstić information content (AvgIpc) is 1.00. The van der Waals surface area contributed by atoms with Gasteiger partial charge in [0.05, 0.1) is 0 Å². The van der Waals surface area contributed by atoms with Gasteiger partial charge in [-0.15, -0.1) is 0 Å². The van der Waals surface area contributed by atoms with E-state index in [1.165, 1.54) is 0 Å². The Bertz CT molecular complexity index is 8.00. The van der Waals surface area contributed by atoms with Crippen LogP contribution in [0.5, 0.6) is 0 Å². The minimum absolute atomic E-state index is 0. The van der Waals surface area contributed by atoms with Gasteiger partial charge < -0.3 is 0 Å². The monoisotopic (exact) mass is 99.0 g/mol. The van der Waals surface area contributed by atoms with Crippen LogP contribution in [0.1, 0.15) is 0 Å². The van der Waals surface area contributed by atoms with E-state index in [0.717, 1.165) is 0 Å². The van der Waals surface area contributed by atoms with Gasteiger partial charge in [0, 0.05) is 0 Å². The Hall–Kier alpha value is 1.66. The fraction of sp³-hybridized carbons (Fsp3) is 0. The molecule has 0 unspecified atom stereocenters. The van der Waals surface area contributed by atoms with Crippen LogP contribution in [0.2, 0.25) is 0 Å². The Kier molecular flexibility index (Phi) is 98.5. The van der Waals surface area contributed by atoms with E-state index in [-0.39, 0.29) is 55.1 Å². The molecule has 0 spiro atoms. The van der Waals surface area contributed by atoms with Crippen molar-refractivity contribution in [1.82, 2.24) is 0 Å². The van der Waals surface area contributed by atoms with E-state index in [1.54, 1.807) is 0 Å². The number of rotatable bonds is 0. The molecular formula is H5AlBCaO. The molecule has 1 nitrogen and oxygen atoms in total. The molecule has 0 aliphatic carbocycles. The van der Waals surface area contributed by atoms with Crippen LogP contribution in [0.4, 0.5) is 0 Å². The zero-order valence-corrected chi connectivity index (χ0v) is 0.986. The summed E-state index contributed by atoms with van der Waals surface area (Å²) in [6.45, 7) is 0. The van der Waals surface area contributed by atoms with E-state index in [1.807, 2.05) is 0 Å². The molecule has 0 saturated carbocycles. The van der Waals surface area contributed by atoms with E-state index in [9.17, 15) is 0 Å². The summed E-state index contributed by atoms with van der Waals surface area (Å²) >= 11 is 0. The van der Waals surface area contributed by atoms with Crippen LogP contribution in [-0.4, -0.2) is 62.8 Å². The first-order valence-corrected chi connectivity index (χ1v) is 0.236. The van der Waals surface area contributed by atoms with Gasteiger partial charge in [0.1, 0.15) is 0 Å². The third kappa shape index (κ3) is 9.40. The van der Waals surface area contributed by atoms with E-state index < -0.39 is 0 Å². The first-order chi connectivity index (χ1) is 1.00. The Morgan fingerprint density at radius 3 is 1.25 bits per heavy atom. The molecule has 0 bridgehead atoms. The Labute approximate surface area is 66.7 Å². The van der Waals surface area contributed by atoms with E-state index >= 15 is 0 Å². The summed E-state index contributed by atoms with van der Waals surface area (Å²) < 4.78 is 7.75. The van der Waals surface area contributed by atoms with Crippen LogP contribution in [0.25, 0.3) is 0 Å². The Morgan fingerprint density at radius 1 is 1.25 bits per heavy atom. The van der Waals surface area contributed by atoms with Crippen LogP contribution in [0, 0.1) is 0 Å². The van der Waals surface area contributed by atoms with Gasteiger partial charge in [-0.3, -0.25) is 0 Å². The maximum atomic E-state index is 7.75. The molecule has 0 heterocycles. The second kappa shape index (κ2) is 22.7. The summed E-state index contributed by atoms with van der Waals surface area (Å²) in [5, 5.41) is 0. The van der Waals surface area contributed by atoms with Crippen molar-refractivity contribution in [2.45, 2.75) is 0 Å². The van der Waals surface area contributed by atoms with E-state index in [4.69, 9.17) is 4.70 Å². The molecule has 4 heteroatoms.